The molecular formula is C16H13ClFN3O. The van der Waals surface area contributed by atoms with E-state index in [1.165, 1.54) is 12.1 Å². The normalized spacial score (nSPS) is 12.3. The summed E-state index contributed by atoms with van der Waals surface area (Å²) in [6.07, 6.45) is 3.30. The van der Waals surface area contributed by atoms with Gasteiger partial charge in [0.1, 0.15) is 17.2 Å². The first-order valence-corrected chi connectivity index (χ1v) is 7.11. The number of carbonyl (C=O) groups is 1. The molecule has 1 atom stereocenters. The van der Waals surface area contributed by atoms with Crippen molar-refractivity contribution in [2.75, 3.05) is 0 Å². The average molecular weight is 318 g/mol. The molecule has 0 aliphatic heterocycles. The first-order chi connectivity index (χ1) is 10.5. The summed E-state index contributed by atoms with van der Waals surface area (Å²) >= 11 is 5.90. The molecule has 0 spiro atoms. The summed E-state index contributed by atoms with van der Waals surface area (Å²) in [5, 5.41) is 3.40. The van der Waals surface area contributed by atoms with Gasteiger partial charge in [-0.15, -0.1) is 0 Å². The van der Waals surface area contributed by atoms with Crippen LogP contribution in [0.4, 0.5) is 4.39 Å². The van der Waals surface area contributed by atoms with Gasteiger partial charge in [0, 0.05) is 12.4 Å². The number of carbonyl (C=O) groups excluding carboxylic acids is 1. The minimum absolute atomic E-state index is 0.249. The van der Waals surface area contributed by atoms with Crippen molar-refractivity contribution in [1.82, 2.24) is 14.7 Å². The Labute approximate surface area is 131 Å². The van der Waals surface area contributed by atoms with Gasteiger partial charge in [-0.3, -0.25) is 4.79 Å². The second-order valence-electron chi connectivity index (χ2n) is 4.99. The van der Waals surface area contributed by atoms with Crippen molar-refractivity contribution in [2.24, 2.45) is 0 Å². The third-order valence-electron chi connectivity index (χ3n) is 3.37. The minimum atomic E-state index is -0.306. The Morgan fingerprint density at radius 2 is 1.95 bits per heavy atom. The number of pyridine rings is 1. The zero-order chi connectivity index (χ0) is 15.7. The number of benzene rings is 1. The maximum Gasteiger partial charge on any atom is 0.271 e. The molecule has 22 heavy (non-hydrogen) atoms. The Balaban J connectivity index is 1.79. The molecular weight excluding hydrogens is 305 g/mol. The molecule has 1 unspecified atom stereocenters. The molecule has 1 aromatic carbocycles. The van der Waals surface area contributed by atoms with Crippen molar-refractivity contribution in [2.45, 2.75) is 13.0 Å². The largest absolute Gasteiger partial charge is 0.344 e. The van der Waals surface area contributed by atoms with Crippen molar-refractivity contribution < 1.29 is 9.18 Å². The minimum Gasteiger partial charge on any atom is -0.344 e. The number of hydrogen-bond donors (Lipinski definition) is 1. The second-order valence-corrected chi connectivity index (χ2v) is 5.42. The van der Waals surface area contributed by atoms with Crippen molar-refractivity contribution in [3.8, 4) is 0 Å². The van der Waals surface area contributed by atoms with E-state index in [2.05, 4.69) is 10.3 Å². The Kier molecular flexibility index (Phi) is 3.81. The highest BCUT2D eigenvalue weighted by Crippen LogP contribution is 2.15. The first-order valence-electron chi connectivity index (χ1n) is 6.73. The van der Waals surface area contributed by atoms with Gasteiger partial charge in [-0.25, -0.2) is 9.37 Å². The third-order valence-corrected chi connectivity index (χ3v) is 3.59. The van der Waals surface area contributed by atoms with Gasteiger partial charge in [0.25, 0.3) is 5.91 Å². The van der Waals surface area contributed by atoms with Crippen LogP contribution in [-0.4, -0.2) is 15.3 Å². The maximum atomic E-state index is 12.9. The van der Waals surface area contributed by atoms with Crippen molar-refractivity contribution in [3.05, 3.63) is 70.9 Å². The van der Waals surface area contributed by atoms with Crippen LogP contribution in [0, 0.1) is 5.82 Å². The molecule has 112 valence electrons. The Bertz CT molecular complexity index is 829. The lowest BCUT2D eigenvalue weighted by atomic mass is 10.1. The summed E-state index contributed by atoms with van der Waals surface area (Å²) < 4.78 is 14.6. The monoisotopic (exact) mass is 317 g/mol. The van der Waals surface area contributed by atoms with Crippen LogP contribution >= 0.6 is 11.6 Å². The fourth-order valence-corrected chi connectivity index (χ4v) is 2.35. The second kappa shape index (κ2) is 5.77. The van der Waals surface area contributed by atoms with Gasteiger partial charge in [-0.05, 0) is 36.8 Å². The van der Waals surface area contributed by atoms with E-state index in [0.717, 1.165) is 5.56 Å². The van der Waals surface area contributed by atoms with E-state index < -0.39 is 0 Å². The number of fused-ring (bicyclic) bond motifs is 1. The highest BCUT2D eigenvalue weighted by molar-refractivity contribution is 6.30. The van der Waals surface area contributed by atoms with Gasteiger partial charge >= 0.3 is 0 Å². The molecule has 2 heterocycles. The van der Waals surface area contributed by atoms with Crippen LogP contribution in [0.2, 0.25) is 5.02 Å². The Morgan fingerprint density at radius 1 is 1.23 bits per heavy atom. The molecule has 0 saturated heterocycles. The van der Waals surface area contributed by atoms with E-state index >= 15 is 0 Å². The van der Waals surface area contributed by atoms with E-state index in [1.807, 2.05) is 6.92 Å². The van der Waals surface area contributed by atoms with Crippen LogP contribution in [-0.2, 0) is 0 Å². The highest BCUT2D eigenvalue weighted by Gasteiger charge is 2.14. The van der Waals surface area contributed by atoms with E-state index in [0.29, 0.717) is 16.4 Å². The number of aromatic nitrogens is 2. The lowest BCUT2D eigenvalue weighted by Gasteiger charge is -2.13. The van der Waals surface area contributed by atoms with Crippen LogP contribution in [0.15, 0.2) is 48.8 Å². The lowest BCUT2D eigenvalue weighted by Crippen LogP contribution is -2.26. The third kappa shape index (κ3) is 2.94. The number of amides is 1. The topological polar surface area (TPSA) is 46.4 Å². The van der Waals surface area contributed by atoms with Gasteiger partial charge in [-0.2, -0.15) is 0 Å². The zero-order valence-electron chi connectivity index (χ0n) is 11.8. The molecule has 0 aliphatic rings. The summed E-state index contributed by atoms with van der Waals surface area (Å²) in [6.45, 7) is 1.83. The highest BCUT2D eigenvalue weighted by atomic mass is 35.5. The van der Waals surface area contributed by atoms with E-state index in [1.54, 1.807) is 41.1 Å². The molecule has 1 N–H and O–H groups in total. The van der Waals surface area contributed by atoms with E-state index in [9.17, 15) is 9.18 Å². The summed E-state index contributed by atoms with van der Waals surface area (Å²) in [5.41, 5.74) is 1.77. The molecule has 4 nitrogen and oxygen atoms in total. The first kappa shape index (κ1) is 14.5. The van der Waals surface area contributed by atoms with Gasteiger partial charge in [-0.1, -0.05) is 23.7 Å². The molecule has 3 rings (SSSR count). The molecule has 0 fully saturated rings. The van der Waals surface area contributed by atoms with Crippen LogP contribution in [0.25, 0.3) is 5.65 Å². The summed E-state index contributed by atoms with van der Waals surface area (Å²) in [6, 6.07) is 9.22. The summed E-state index contributed by atoms with van der Waals surface area (Å²) in [7, 11) is 0. The lowest BCUT2D eigenvalue weighted by molar-refractivity contribution is 0.0935. The standard InChI is InChI=1S/C16H13ClFN3O/c1-10(11-2-5-13(18)6-3-11)19-16(22)14-9-21-8-12(17)4-7-15(21)20-14/h2-10H,1H3,(H,19,22). The molecule has 0 bridgehead atoms. The summed E-state index contributed by atoms with van der Waals surface area (Å²) in [5.74, 6) is -0.601. The molecule has 1 amide bonds. The SMILES string of the molecule is CC(NC(=O)c1cn2cc(Cl)ccc2n1)c1ccc(F)cc1. The van der Waals surface area contributed by atoms with Gasteiger partial charge in [0.05, 0.1) is 11.1 Å². The molecule has 3 aromatic rings. The van der Waals surface area contributed by atoms with Gasteiger partial charge in [0.2, 0.25) is 0 Å². The maximum absolute atomic E-state index is 12.9. The molecule has 0 radical (unpaired) electrons. The smallest absolute Gasteiger partial charge is 0.271 e. The zero-order valence-corrected chi connectivity index (χ0v) is 12.5. The number of rotatable bonds is 3. The number of imidazole rings is 1. The van der Waals surface area contributed by atoms with E-state index in [4.69, 9.17) is 11.6 Å². The number of hydrogen-bond acceptors (Lipinski definition) is 2. The fourth-order valence-electron chi connectivity index (χ4n) is 2.18. The number of nitrogens with zero attached hydrogens (tertiary/aromatic N) is 2. The predicted molar refractivity (Wildman–Crippen MR) is 82.5 cm³/mol. The molecule has 2 aromatic heterocycles. The van der Waals surface area contributed by atoms with Gasteiger partial charge in [0.15, 0.2) is 0 Å². The van der Waals surface area contributed by atoms with Gasteiger partial charge < -0.3 is 9.72 Å². The number of nitrogens with one attached hydrogen (secondary N) is 1. The molecule has 0 aliphatic carbocycles. The van der Waals surface area contributed by atoms with Crippen LogP contribution in [0.1, 0.15) is 29.0 Å². The van der Waals surface area contributed by atoms with Crippen LogP contribution in [0.5, 0.6) is 0 Å². The predicted octanol–water partition coefficient (Wildman–Crippen LogP) is 3.62. The van der Waals surface area contributed by atoms with Crippen molar-refractivity contribution in [3.63, 3.8) is 0 Å². The Hall–Kier alpha value is -2.40. The average Bonchev–Trinajstić information content (AvgIpc) is 2.91. The van der Waals surface area contributed by atoms with Crippen LogP contribution < -0.4 is 5.32 Å². The summed E-state index contributed by atoms with van der Waals surface area (Å²) in [4.78, 5) is 16.5. The molecule has 0 saturated carbocycles. The van der Waals surface area contributed by atoms with Crippen molar-refractivity contribution >= 4 is 23.2 Å². The van der Waals surface area contributed by atoms with Crippen LogP contribution in [0.3, 0.4) is 0 Å². The number of halogens is 2. The fraction of sp³-hybridized carbons (Fsp3) is 0.125. The molecule has 6 heteroatoms. The quantitative estimate of drug-likeness (QED) is 0.802. The Morgan fingerprint density at radius 3 is 2.68 bits per heavy atom. The van der Waals surface area contributed by atoms with Crippen molar-refractivity contribution in [1.29, 1.82) is 0 Å². The van der Waals surface area contributed by atoms with E-state index in [-0.39, 0.29) is 17.8 Å².